The minimum absolute atomic E-state index is 0.0658. The van der Waals surface area contributed by atoms with Crippen LogP contribution < -0.4 is 0 Å². The summed E-state index contributed by atoms with van der Waals surface area (Å²) in [5, 5.41) is 53.2. The van der Waals surface area contributed by atoms with Gasteiger partial charge in [-0.1, -0.05) is 118 Å². The maximum Gasteiger partial charge on any atom is 0.135 e. The van der Waals surface area contributed by atoms with Crippen molar-refractivity contribution in [2.45, 2.75) is 135 Å². The van der Waals surface area contributed by atoms with Crippen LogP contribution >= 0.6 is 69.6 Å². The Morgan fingerprint density at radius 1 is 0.383 bits per heavy atom. The zero-order chi connectivity index (χ0) is 76.5. The first kappa shape index (κ1) is 78.2. The SMILES string of the molecule is CC(n1c2c(c3cc(Cl)ccc31)CN(C)CC2)C(C)(O)c1ccc(F)cc1.CN1CCc2c(c3cc(Cl)ccc3n2CC(C)(O)c2c(F)cc(F)cc2F)C1.CN1CCc2c(c3cc(Cl)ccc3n2CC(C)(O)c2ccc(Cl)cc2Cl)C1.CN1CCc2c(c3cc(Cl)ccc3n2CC(C)(O)c2ccccc2)C1. The van der Waals surface area contributed by atoms with Crippen molar-refractivity contribution in [1.29, 1.82) is 0 Å². The first-order valence-corrected chi connectivity index (χ1v) is 38.2. The number of halogens is 10. The minimum Gasteiger partial charge on any atom is -0.384 e. The molecule has 5 unspecified atom stereocenters. The van der Waals surface area contributed by atoms with Gasteiger partial charge in [0.05, 0.1) is 31.2 Å². The predicted octanol–water partition coefficient (Wildman–Crippen LogP) is 19.2. The van der Waals surface area contributed by atoms with Crippen LogP contribution in [0.2, 0.25) is 30.1 Å². The number of aliphatic hydroxyl groups is 4. The maximum atomic E-state index is 14.3. The molecule has 12 nitrogen and oxygen atoms in total. The molecule has 16 rings (SSSR count). The van der Waals surface area contributed by atoms with Crippen molar-refractivity contribution in [3.63, 3.8) is 0 Å². The first-order valence-electron chi connectivity index (χ1n) is 35.9. The molecule has 0 saturated carbocycles. The number of hydrogen-bond acceptors (Lipinski definition) is 8. The average molecular weight is 1570 g/mol. The third kappa shape index (κ3) is 16.1. The second kappa shape index (κ2) is 31.1. The summed E-state index contributed by atoms with van der Waals surface area (Å²) >= 11 is 37.4. The quantitative estimate of drug-likeness (QED) is 0.0895. The van der Waals surface area contributed by atoms with Crippen molar-refractivity contribution in [3.05, 3.63) is 278 Å². The van der Waals surface area contributed by atoms with E-state index >= 15 is 0 Å². The van der Waals surface area contributed by atoms with E-state index in [1.54, 1.807) is 50.2 Å². The molecular weight excluding hydrogens is 1490 g/mol. The topological polar surface area (TPSA) is 114 Å². The summed E-state index contributed by atoms with van der Waals surface area (Å²) in [5.74, 6) is -3.52. The Labute approximate surface area is 652 Å². The zero-order valence-corrected chi connectivity index (χ0v) is 65.9. The van der Waals surface area contributed by atoms with E-state index in [1.165, 1.54) is 58.2 Å². The molecule has 8 aromatic carbocycles. The van der Waals surface area contributed by atoms with Crippen LogP contribution in [0.4, 0.5) is 17.6 Å². The smallest absolute Gasteiger partial charge is 0.135 e. The number of likely N-dealkylation sites (N-methyl/N-ethyl adjacent to an activating group) is 4. The molecule has 4 aliphatic heterocycles. The second-order valence-corrected chi connectivity index (χ2v) is 32.9. The van der Waals surface area contributed by atoms with Crippen molar-refractivity contribution in [1.82, 2.24) is 37.9 Å². The Morgan fingerprint density at radius 3 is 1.16 bits per heavy atom. The molecule has 0 saturated heterocycles. The summed E-state index contributed by atoms with van der Waals surface area (Å²) in [7, 11) is 8.42. The monoisotopic (exact) mass is 1570 g/mol. The van der Waals surface area contributed by atoms with E-state index in [4.69, 9.17) is 69.6 Å². The van der Waals surface area contributed by atoms with E-state index in [-0.39, 0.29) is 18.4 Å². The highest BCUT2D eigenvalue weighted by atomic mass is 35.5. The van der Waals surface area contributed by atoms with Crippen molar-refractivity contribution >= 4 is 113 Å². The van der Waals surface area contributed by atoms with Gasteiger partial charge in [-0.2, -0.15) is 0 Å². The van der Waals surface area contributed by atoms with E-state index in [1.807, 2.05) is 110 Å². The number of rotatable bonds is 12. The molecule has 5 atom stereocenters. The highest BCUT2D eigenvalue weighted by Gasteiger charge is 2.39. The van der Waals surface area contributed by atoms with Gasteiger partial charge >= 0.3 is 0 Å². The van der Waals surface area contributed by atoms with Crippen molar-refractivity contribution < 1.29 is 38.0 Å². The maximum absolute atomic E-state index is 14.3. The fourth-order valence-corrected chi connectivity index (χ4v) is 17.7. The molecule has 12 aromatic rings. The molecule has 107 heavy (non-hydrogen) atoms. The summed E-state index contributed by atoms with van der Waals surface area (Å²) in [6, 6.07) is 45.7. The third-order valence-corrected chi connectivity index (χ3v) is 23.5. The Hall–Kier alpha value is -6.94. The van der Waals surface area contributed by atoms with E-state index in [0.29, 0.717) is 56.4 Å². The predicted molar refractivity (Wildman–Crippen MR) is 427 cm³/mol. The molecule has 0 amide bonds. The van der Waals surface area contributed by atoms with Crippen LogP contribution in [0.3, 0.4) is 0 Å². The van der Waals surface area contributed by atoms with Crippen molar-refractivity contribution in [2.24, 2.45) is 0 Å². The van der Waals surface area contributed by atoms with Gasteiger partial charge in [0.15, 0.2) is 0 Å². The lowest BCUT2D eigenvalue weighted by Crippen LogP contribution is -2.34. The Morgan fingerprint density at radius 2 is 0.738 bits per heavy atom. The first-order chi connectivity index (χ1) is 50.7. The highest BCUT2D eigenvalue weighted by molar-refractivity contribution is 6.35. The van der Waals surface area contributed by atoms with Gasteiger partial charge in [0.1, 0.15) is 45.7 Å². The molecule has 4 aromatic heterocycles. The third-order valence-electron chi connectivity index (χ3n) is 22.0. The number of benzene rings is 8. The molecule has 22 heteroatoms. The molecule has 4 aliphatic rings. The van der Waals surface area contributed by atoms with Gasteiger partial charge in [0.25, 0.3) is 0 Å². The lowest BCUT2D eigenvalue weighted by molar-refractivity contribution is 0.00773. The summed E-state index contributed by atoms with van der Waals surface area (Å²) in [5.41, 5.74) is 10.7. The fourth-order valence-electron chi connectivity index (χ4n) is 16.4. The van der Waals surface area contributed by atoms with E-state index in [2.05, 4.69) is 66.6 Å². The summed E-state index contributed by atoms with van der Waals surface area (Å²) < 4.78 is 63.9. The van der Waals surface area contributed by atoms with Gasteiger partial charge in [-0.15, -0.1) is 0 Å². The Bertz CT molecular complexity index is 5300. The molecule has 0 spiro atoms. The number of hydrogen-bond donors (Lipinski definition) is 4. The molecule has 0 fully saturated rings. The van der Waals surface area contributed by atoms with E-state index in [0.717, 1.165) is 143 Å². The summed E-state index contributed by atoms with van der Waals surface area (Å²) in [6.45, 7) is 17.0. The standard InChI is InChI=1S/C22H24ClFN2O.C21H21Cl3N2O.C21H20ClF3N2O.C21H23ClN2O/c1-14(22(2,27)15-4-7-17(24)8-5-15)26-20-9-6-16(23)12-18(20)19-13-25(3)11-10-21(19)26;1-21(27,17-5-3-14(23)10-18(17)24)12-26-19-6-4-13(22)9-15(19)16-11-25(2)8-7-20(16)26;1-21(28,20-16(24)8-13(23)9-17(20)25)11-27-18-4-3-12(22)7-14(18)15-10-26(2)6-5-19(15)27;1-21(25,15-6-4-3-5-7-15)14-24-19-9-8-16(22)12-17(19)18-13-23(2)11-10-20(18)24/h4-9,12,14,27H,10-11,13H2,1-3H3;3-6,9-10,27H,7-8,11-12H2,1-2H3;3-4,7-9,28H,5-6,10-11H2,1-2H3;3-9,12,25H,10-11,13-14H2,1-2H3. The van der Waals surface area contributed by atoms with Gasteiger partial charge in [-0.25, -0.2) is 17.6 Å². The molecule has 0 radical (unpaired) electrons. The second-order valence-electron chi connectivity index (χ2n) is 30.3. The number of aromatic nitrogens is 4. The number of fused-ring (bicyclic) bond motifs is 12. The van der Waals surface area contributed by atoms with Gasteiger partial charge in [-0.05, 0) is 193 Å². The van der Waals surface area contributed by atoms with Crippen LogP contribution in [0.5, 0.6) is 0 Å². The van der Waals surface area contributed by atoms with E-state index < -0.39 is 45.4 Å². The molecular formula is C85H88Cl6F4N8O4. The van der Waals surface area contributed by atoms with Crippen LogP contribution in [0.15, 0.2) is 158 Å². The zero-order valence-electron chi connectivity index (χ0n) is 61.3. The van der Waals surface area contributed by atoms with E-state index in [9.17, 15) is 38.0 Å². The van der Waals surface area contributed by atoms with Gasteiger partial charge in [0.2, 0.25) is 0 Å². The molecule has 562 valence electrons. The molecule has 8 heterocycles. The summed E-state index contributed by atoms with van der Waals surface area (Å²) in [6.07, 6.45) is 3.58. The van der Waals surface area contributed by atoms with Crippen LogP contribution in [0.25, 0.3) is 43.6 Å². The van der Waals surface area contributed by atoms with Crippen LogP contribution in [-0.4, -0.2) is 113 Å². The van der Waals surface area contributed by atoms with Crippen molar-refractivity contribution in [3.8, 4) is 0 Å². The van der Waals surface area contributed by atoms with Gasteiger partial charge < -0.3 is 58.3 Å². The highest BCUT2D eigenvalue weighted by Crippen LogP contribution is 2.44. The number of nitrogens with zero attached hydrogens (tertiary/aromatic N) is 8. The van der Waals surface area contributed by atoms with Crippen molar-refractivity contribution in [2.75, 3.05) is 54.4 Å². The molecule has 4 N–H and O–H groups in total. The molecule has 0 bridgehead atoms. The van der Waals surface area contributed by atoms with Gasteiger partial charge in [0, 0.05) is 192 Å². The van der Waals surface area contributed by atoms with Crippen LogP contribution in [0, 0.1) is 23.3 Å². The molecule has 0 aliphatic carbocycles. The van der Waals surface area contributed by atoms with Gasteiger partial charge in [-0.3, -0.25) is 0 Å². The lowest BCUT2D eigenvalue weighted by Gasteiger charge is -2.35. The largest absolute Gasteiger partial charge is 0.384 e. The minimum atomic E-state index is -1.87. The Balaban J connectivity index is 0.000000126. The fraction of sp³-hybridized carbons (Fsp3) is 0.341. The normalized spacial score (nSPS) is 17.4. The lowest BCUT2D eigenvalue weighted by atomic mass is 9.88. The van der Waals surface area contributed by atoms with Crippen LogP contribution in [0.1, 0.15) is 108 Å². The van der Waals surface area contributed by atoms with Crippen LogP contribution in [-0.2, 0) is 93.9 Å². The summed E-state index contributed by atoms with van der Waals surface area (Å²) in [4.78, 5) is 9.13. The Kier molecular flexibility index (Phi) is 22.7. The average Bonchev–Trinajstić information content (AvgIpc) is 1.64.